The maximum Gasteiger partial charge on any atom is 0.292 e. The van der Waals surface area contributed by atoms with Gasteiger partial charge in [-0.25, -0.2) is 0 Å². The number of hydrogen-bond acceptors (Lipinski definition) is 4. The largest absolute Gasteiger partial charge is 0.471 e. The van der Waals surface area contributed by atoms with Crippen LogP contribution in [0.25, 0.3) is 11.1 Å². The Morgan fingerprint density at radius 1 is 1.11 bits per heavy atom. The van der Waals surface area contributed by atoms with Crippen molar-refractivity contribution in [1.29, 1.82) is 0 Å². The molecule has 1 N–H and O–H groups in total. The summed E-state index contributed by atoms with van der Waals surface area (Å²) in [6.45, 7) is 8.36. The van der Waals surface area contributed by atoms with Gasteiger partial charge in [-0.15, -0.1) is 11.8 Å². The Morgan fingerprint density at radius 2 is 1.70 bits per heavy atom. The Balaban J connectivity index is 0.000000596. The Morgan fingerprint density at radius 3 is 2.19 bits per heavy atom. The van der Waals surface area contributed by atoms with Crippen molar-refractivity contribution >= 4 is 18.2 Å². The fraction of sp³-hybridized carbons (Fsp3) is 0.435. The van der Waals surface area contributed by atoms with Crippen LogP contribution in [-0.4, -0.2) is 31.4 Å². The summed E-state index contributed by atoms with van der Waals surface area (Å²) in [5, 5.41) is 4.34. The second-order valence-electron chi connectivity index (χ2n) is 7.26. The Labute approximate surface area is 167 Å². The summed E-state index contributed by atoms with van der Waals surface area (Å²) in [6.07, 6.45) is 2.51. The van der Waals surface area contributed by atoms with Gasteiger partial charge in [-0.1, -0.05) is 68.4 Å². The first-order chi connectivity index (χ1) is 13.0. The molecule has 1 aliphatic heterocycles. The van der Waals surface area contributed by atoms with Crippen LogP contribution < -0.4 is 5.32 Å². The lowest BCUT2D eigenvalue weighted by Crippen LogP contribution is -2.46. The quantitative estimate of drug-likeness (QED) is 0.713. The number of nitrogens with one attached hydrogen (secondary N) is 1. The van der Waals surface area contributed by atoms with Gasteiger partial charge in [0.2, 0.25) is 0 Å². The van der Waals surface area contributed by atoms with E-state index in [-0.39, 0.29) is 4.75 Å². The molecule has 1 heterocycles. The van der Waals surface area contributed by atoms with Crippen LogP contribution in [-0.2, 0) is 14.3 Å². The van der Waals surface area contributed by atoms with Crippen LogP contribution in [0.15, 0.2) is 54.6 Å². The molecule has 0 amide bonds. The molecule has 146 valence electrons. The standard InChI is InChI=1S/C21H27NS.C2H4O2/c1-16(2)23-21(14-13-17(3)22-15-21)20-11-9-19(10-12-20)18-7-5-4-6-8-18;1-4-2-3/h4-12,16-17,22H,13-15H2,1-3H3;2H,1H3/t17?,21-;/m0./s1. The van der Waals surface area contributed by atoms with Crippen LogP contribution in [0, 0.1) is 0 Å². The zero-order valence-electron chi connectivity index (χ0n) is 16.8. The molecule has 3 nitrogen and oxygen atoms in total. The van der Waals surface area contributed by atoms with Crippen LogP contribution in [0.3, 0.4) is 0 Å². The average Bonchev–Trinajstić information content (AvgIpc) is 2.70. The van der Waals surface area contributed by atoms with E-state index in [4.69, 9.17) is 4.79 Å². The highest BCUT2D eigenvalue weighted by atomic mass is 32.2. The summed E-state index contributed by atoms with van der Waals surface area (Å²) in [6, 6.07) is 20.5. The lowest BCUT2D eigenvalue weighted by molar-refractivity contribution is -0.126. The van der Waals surface area contributed by atoms with E-state index in [1.807, 2.05) is 0 Å². The molecule has 27 heavy (non-hydrogen) atoms. The van der Waals surface area contributed by atoms with Crippen molar-refractivity contribution in [2.45, 2.75) is 49.7 Å². The average molecular weight is 386 g/mol. The van der Waals surface area contributed by atoms with Gasteiger partial charge in [0.05, 0.1) is 11.9 Å². The lowest BCUT2D eigenvalue weighted by atomic mass is 9.87. The first-order valence-electron chi connectivity index (χ1n) is 9.54. The summed E-state index contributed by atoms with van der Waals surface area (Å²) in [5.74, 6) is 0. The number of carbonyl (C=O) groups excluding carboxylic acids is 1. The van der Waals surface area contributed by atoms with E-state index in [0.717, 1.165) is 6.54 Å². The van der Waals surface area contributed by atoms with Crippen LogP contribution in [0.4, 0.5) is 0 Å². The molecule has 2 atom stereocenters. The van der Waals surface area contributed by atoms with Gasteiger partial charge >= 0.3 is 0 Å². The van der Waals surface area contributed by atoms with Gasteiger partial charge in [0.15, 0.2) is 0 Å². The van der Waals surface area contributed by atoms with Crippen molar-refractivity contribution in [2.75, 3.05) is 13.7 Å². The number of piperidine rings is 1. The van der Waals surface area contributed by atoms with E-state index in [9.17, 15) is 0 Å². The predicted octanol–water partition coefficient (Wildman–Crippen LogP) is 5.25. The van der Waals surface area contributed by atoms with Crippen molar-refractivity contribution in [2.24, 2.45) is 0 Å². The second-order valence-corrected chi connectivity index (χ2v) is 9.22. The molecule has 1 fully saturated rings. The fourth-order valence-corrected chi connectivity index (χ4v) is 5.02. The SMILES string of the molecule is CC1CC[C@@](SC(C)C)(c2ccc(-c3ccccc3)cc2)CN1.COC=O. The molecule has 3 rings (SSSR count). The van der Waals surface area contributed by atoms with Crippen molar-refractivity contribution in [1.82, 2.24) is 5.32 Å². The predicted molar refractivity (Wildman–Crippen MR) is 116 cm³/mol. The normalized spacial score (nSPS) is 21.9. The Bertz CT molecular complexity index is 677. The molecule has 1 unspecified atom stereocenters. The summed E-state index contributed by atoms with van der Waals surface area (Å²) in [7, 11) is 1.31. The van der Waals surface area contributed by atoms with Gasteiger partial charge in [0.25, 0.3) is 6.47 Å². The van der Waals surface area contributed by atoms with Crippen LogP contribution >= 0.6 is 11.8 Å². The first kappa shape index (κ1) is 21.5. The van der Waals surface area contributed by atoms with E-state index >= 15 is 0 Å². The minimum atomic E-state index is 0.218. The molecule has 0 spiro atoms. The number of methoxy groups -OCH3 is 1. The smallest absolute Gasteiger partial charge is 0.292 e. The fourth-order valence-electron chi connectivity index (χ4n) is 3.44. The van der Waals surface area contributed by atoms with Gasteiger partial charge in [-0.2, -0.15) is 0 Å². The third-order valence-corrected chi connectivity index (χ3v) is 6.30. The lowest BCUT2D eigenvalue weighted by Gasteiger charge is -2.41. The van der Waals surface area contributed by atoms with Gasteiger partial charge in [-0.05, 0) is 41.7 Å². The zero-order chi connectivity index (χ0) is 19.7. The minimum absolute atomic E-state index is 0.218. The zero-order valence-corrected chi connectivity index (χ0v) is 17.6. The maximum atomic E-state index is 8.95. The number of rotatable bonds is 5. The van der Waals surface area contributed by atoms with Gasteiger partial charge in [0, 0.05) is 12.6 Å². The third-order valence-electron chi connectivity index (χ3n) is 4.79. The van der Waals surface area contributed by atoms with Crippen LogP contribution in [0.5, 0.6) is 0 Å². The number of thioether (sulfide) groups is 1. The molecule has 4 heteroatoms. The van der Waals surface area contributed by atoms with Gasteiger partial charge in [0.1, 0.15) is 0 Å². The van der Waals surface area contributed by atoms with E-state index < -0.39 is 0 Å². The molecular formula is C23H31NO2S. The highest BCUT2D eigenvalue weighted by Crippen LogP contribution is 2.45. The number of carbonyl (C=O) groups is 1. The monoisotopic (exact) mass is 385 g/mol. The van der Waals surface area contributed by atoms with Crippen LogP contribution in [0.2, 0.25) is 0 Å². The molecule has 0 bridgehead atoms. The van der Waals surface area contributed by atoms with E-state index in [1.54, 1.807) is 0 Å². The Kier molecular flexibility index (Phi) is 8.39. The number of ether oxygens (including phenoxy) is 1. The summed E-state index contributed by atoms with van der Waals surface area (Å²) in [4.78, 5) is 8.95. The molecular weight excluding hydrogens is 354 g/mol. The van der Waals surface area contributed by atoms with Crippen molar-refractivity contribution in [3.8, 4) is 11.1 Å². The summed E-state index contributed by atoms with van der Waals surface area (Å²) in [5.41, 5.74) is 4.06. The molecule has 0 radical (unpaired) electrons. The third kappa shape index (κ3) is 6.12. The molecule has 0 aromatic heterocycles. The first-order valence-corrected chi connectivity index (χ1v) is 10.4. The van der Waals surface area contributed by atoms with Crippen molar-refractivity contribution in [3.05, 3.63) is 60.2 Å². The molecule has 0 saturated carbocycles. The minimum Gasteiger partial charge on any atom is -0.471 e. The molecule has 0 aliphatic carbocycles. The topological polar surface area (TPSA) is 38.3 Å². The van der Waals surface area contributed by atoms with Gasteiger partial charge < -0.3 is 10.1 Å². The van der Waals surface area contributed by atoms with Crippen molar-refractivity contribution in [3.63, 3.8) is 0 Å². The van der Waals surface area contributed by atoms with Crippen LogP contribution in [0.1, 0.15) is 39.2 Å². The highest BCUT2D eigenvalue weighted by molar-refractivity contribution is 8.00. The molecule has 1 aliphatic rings. The maximum absolute atomic E-state index is 8.95. The van der Waals surface area contributed by atoms with Gasteiger partial charge in [-0.3, -0.25) is 4.79 Å². The molecule has 2 aromatic rings. The second kappa shape index (κ2) is 10.5. The van der Waals surface area contributed by atoms with E-state index in [2.05, 4.69) is 97.2 Å². The number of hydrogen-bond donors (Lipinski definition) is 1. The summed E-state index contributed by atoms with van der Waals surface area (Å²) < 4.78 is 4.08. The van der Waals surface area contributed by atoms with Crippen molar-refractivity contribution < 1.29 is 9.53 Å². The Hall–Kier alpha value is -1.78. The van der Waals surface area contributed by atoms with E-state index in [0.29, 0.717) is 17.8 Å². The van der Waals surface area contributed by atoms with E-state index in [1.165, 1.54) is 36.6 Å². The summed E-state index contributed by atoms with van der Waals surface area (Å²) >= 11 is 2.12. The molecule has 2 aromatic carbocycles. The highest BCUT2D eigenvalue weighted by Gasteiger charge is 2.37. The molecule has 1 saturated heterocycles. The number of benzene rings is 2.